The third kappa shape index (κ3) is 3.35. The molecule has 5 aliphatic rings. The third-order valence-electron chi connectivity index (χ3n) is 6.60. The maximum Gasteiger partial charge on any atom is 0.341 e. The molecule has 5 rings (SSSR count). The molecule has 1 saturated heterocycles. The fraction of sp³-hybridized carbons (Fsp3) is 0.667. The van der Waals surface area contributed by atoms with E-state index < -0.39 is 18.2 Å². The minimum Gasteiger partial charge on any atom is -0.462 e. The first kappa shape index (κ1) is 18.4. The summed E-state index contributed by atoms with van der Waals surface area (Å²) in [5, 5.41) is 10.5. The van der Waals surface area contributed by atoms with Gasteiger partial charge in [-0.3, -0.25) is 9.59 Å². The molecule has 1 N–H and O–H groups in total. The van der Waals surface area contributed by atoms with Crippen LogP contribution in [0, 0.1) is 29.6 Å². The molecule has 2 bridgehead atoms. The van der Waals surface area contributed by atoms with Gasteiger partial charge in [0.05, 0.1) is 11.7 Å². The zero-order valence-electron chi connectivity index (χ0n) is 15.7. The first-order chi connectivity index (χ1) is 12.8. The SMILES string of the molecule is [13CH3][13C](=O)O[13C@H]1[13C@@H]2[13CH]=[13CH][13C@H]3[13CH2][13C@@H](O)[13CH2][13C@H]4[13CH2][13C](=O)/[13C](=[13CH]/[13C@H]3[13C@@H]2[13CH2][13C@H]1[13CH3])[13C](=O)O4. The molecule has 146 valence electrons. The van der Waals surface area contributed by atoms with Gasteiger partial charge in [0.1, 0.15) is 12.2 Å². The number of rotatable bonds is 1. The Labute approximate surface area is 158 Å². The number of ether oxygens (including phenoxy) is 2. The molecule has 0 amide bonds. The quantitative estimate of drug-likeness (QED) is 0.316. The van der Waals surface area contributed by atoms with Crippen molar-refractivity contribution in [2.24, 2.45) is 29.6 Å². The van der Waals surface area contributed by atoms with Gasteiger partial charge < -0.3 is 14.6 Å². The van der Waals surface area contributed by atoms with Crippen LogP contribution in [0.5, 0.6) is 0 Å². The molecule has 1 saturated carbocycles. The van der Waals surface area contributed by atoms with E-state index in [1.165, 1.54) is 6.92 Å². The van der Waals surface area contributed by atoms with Crippen LogP contribution < -0.4 is 0 Å². The van der Waals surface area contributed by atoms with E-state index >= 15 is 0 Å². The molecule has 0 aromatic carbocycles. The first-order valence-corrected chi connectivity index (χ1v) is 9.83. The van der Waals surface area contributed by atoms with E-state index in [2.05, 4.69) is 19.1 Å². The lowest BCUT2D eigenvalue weighted by molar-refractivity contribution is -0.153. The minimum atomic E-state index is -0.625. The van der Waals surface area contributed by atoms with Crippen molar-refractivity contribution in [2.45, 2.75) is 57.8 Å². The maximum absolute atomic E-state index is 12.5. The summed E-state index contributed by atoms with van der Waals surface area (Å²) < 4.78 is 11.0. The molecule has 27 heavy (non-hydrogen) atoms. The summed E-state index contributed by atoms with van der Waals surface area (Å²) in [4.78, 5) is 36.4. The topological polar surface area (TPSA) is 89.9 Å². The van der Waals surface area contributed by atoms with Crippen molar-refractivity contribution >= 4 is 17.7 Å². The van der Waals surface area contributed by atoms with E-state index in [9.17, 15) is 19.5 Å². The molecule has 6 heteroatoms. The second-order valence-corrected chi connectivity index (χ2v) is 8.51. The van der Waals surface area contributed by atoms with Gasteiger partial charge in [0, 0.05) is 25.7 Å². The predicted octanol–water partition coefficient (Wildman–Crippen LogP) is 1.96. The molecule has 0 radical (unpaired) electrons. The van der Waals surface area contributed by atoms with Crippen LogP contribution in [0.1, 0.15) is 39.5 Å². The number of carbonyl (C=O) groups is 3. The van der Waals surface area contributed by atoms with E-state index in [0.717, 1.165) is 6.42 Å². The van der Waals surface area contributed by atoms with Crippen molar-refractivity contribution in [3.05, 3.63) is 23.8 Å². The van der Waals surface area contributed by atoms with Gasteiger partial charge >= 0.3 is 11.9 Å². The van der Waals surface area contributed by atoms with E-state index in [1.54, 1.807) is 6.08 Å². The molecule has 0 aromatic rings. The van der Waals surface area contributed by atoms with Crippen LogP contribution in [0.3, 0.4) is 0 Å². The second kappa shape index (κ2) is 6.89. The lowest BCUT2D eigenvalue weighted by atomic mass is 10.7. The summed E-state index contributed by atoms with van der Waals surface area (Å²) in [6.07, 6.45) is 6.47. The highest BCUT2D eigenvalue weighted by atomic mass is 16.7. The van der Waals surface area contributed by atoms with Gasteiger partial charge in [-0.15, -0.1) is 0 Å². The molecular formula is C21H26O6. The van der Waals surface area contributed by atoms with E-state index in [-0.39, 0.29) is 59.4 Å². The van der Waals surface area contributed by atoms with Crippen molar-refractivity contribution in [3.63, 3.8) is 0 Å². The van der Waals surface area contributed by atoms with Crippen LogP contribution in [0.4, 0.5) is 0 Å². The average Bonchev–Trinajstić information content (AvgIpc) is 2.87. The Morgan fingerprint density at radius 3 is 2.67 bits per heavy atom. The zero-order chi connectivity index (χ0) is 19.3. The van der Waals surface area contributed by atoms with Crippen molar-refractivity contribution in [1.82, 2.24) is 0 Å². The molecular weight excluding hydrogens is 369 g/mol. The Kier molecular flexibility index (Phi) is 4.70. The highest BCUT2D eigenvalue weighted by molar-refractivity contribution is 6.18. The van der Waals surface area contributed by atoms with Gasteiger partial charge in [-0.25, -0.2) is 4.79 Å². The number of aliphatic hydroxyl groups is 1. The van der Waals surface area contributed by atoms with Crippen LogP contribution in [0.2, 0.25) is 0 Å². The highest BCUT2D eigenvalue weighted by Gasteiger charge is 2.49. The molecule has 2 heterocycles. The van der Waals surface area contributed by atoms with Gasteiger partial charge in [0.25, 0.3) is 0 Å². The number of fused-ring (bicyclic) bond motifs is 5. The largest absolute Gasteiger partial charge is 0.462 e. The molecule has 3 aliphatic carbocycles. The number of ketones is 1. The number of aliphatic hydroxyl groups excluding tert-OH is 1. The summed E-state index contributed by atoms with van der Waals surface area (Å²) in [5.41, 5.74) is 0.148. The fourth-order valence-corrected chi connectivity index (χ4v) is 5.48. The average molecular weight is 395 g/mol. The van der Waals surface area contributed by atoms with Gasteiger partial charge in [-0.1, -0.05) is 25.2 Å². The van der Waals surface area contributed by atoms with Crippen LogP contribution in [-0.2, 0) is 23.9 Å². The smallest absolute Gasteiger partial charge is 0.341 e. The van der Waals surface area contributed by atoms with Crippen LogP contribution in [-0.4, -0.2) is 41.1 Å². The minimum absolute atomic E-state index is 0.0528. The van der Waals surface area contributed by atoms with Gasteiger partial charge in [-0.2, -0.15) is 0 Å². The number of allylic oxidation sites excluding steroid dienone is 2. The monoisotopic (exact) mass is 395 g/mol. The molecule has 2 fully saturated rings. The summed E-state index contributed by atoms with van der Waals surface area (Å²) in [6, 6.07) is 0. The van der Waals surface area contributed by atoms with Gasteiger partial charge in [0.15, 0.2) is 5.78 Å². The van der Waals surface area contributed by atoms with E-state index in [0.29, 0.717) is 12.8 Å². The summed E-state index contributed by atoms with van der Waals surface area (Å²) in [7, 11) is 0. The van der Waals surface area contributed by atoms with Crippen molar-refractivity contribution in [2.75, 3.05) is 0 Å². The Bertz CT molecular complexity index is 702. The number of Topliss-reactive ketones (excluding diaryl/α,β-unsaturated/α-hetero) is 1. The first-order valence-electron chi connectivity index (χ1n) is 9.83. The Morgan fingerprint density at radius 1 is 1.19 bits per heavy atom. The number of carbonyl (C=O) groups excluding carboxylic acids is 3. The normalized spacial score (nSPS) is 45.4. The van der Waals surface area contributed by atoms with Crippen LogP contribution >= 0.6 is 0 Å². The second-order valence-electron chi connectivity index (χ2n) is 8.51. The number of hydrogen-bond donors (Lipinski definition) is 1. The van der Waals surface area contributed by atoms with Crippen molar-refractivity contribution in [1.29, 1.82) is 0 Å². The lowest BCUT2D eigenvalue weighted by Crippen LogP contribution is -2.40. The fourth-order valence-electron chi connectivity index (χ4n) is 5.48. The third-order valence-corrected chi connectivity index (χ3v) is 6.60. The molecule has 8 atom stereocenters. The Morgan fingerprint density at radius 2 is 1.96 bits per heavy atom. The standard InChI is InChI=1S/C21H26O6/c1-10-5-17-15(20(10)26-11(2)22)4-3-12-6-13(23)7-14-8-19(24)18(9-16(12)17)21(25)27-14/h3-4,9-10,12-17,20,23H,5-8H2,1-2H3/b18-9-/t10-,12+,13-,14+,15-,16-,17-,20-/m1/s1/i1+1,2+1,3+1,4+1,5+1,6+1,7+1,8+1,9+1,10+1,11+1,12+1,13+1,14+1,15+1,16+1,17+1,18+1,19+1,20+1,21+1. The Balaban J connectivity index is 1.72. The molecule has 6 nitrogen and oxygen atoms in total. The molecule has 0 spiro atoms. The van der Waals surface area contributed by atoms with E-state index in [4.69, 9.17) is 9.47 Å². The predicted molar refractivity (Wildman–Crippen MR) is 95.3 cm³/mol. The number of esters is 2. The summed E-state index contributed by atoms with van der Waals surface area (Å²) >= 11 is 0. The zero-order valence-corrected chi connectivity index (χ0v) is 15.7. The van der Waals surface area contributed by atoms with Crippen molar-refractivity contribution in [3.8, 4) is 0 Å². The summed E-state index contributed by atoms with van der Waals surface area (Å²) in [5.74, 6) is -0.642. The van der Waals surface area contributed by atoms with Crippen LogP contribution in [0.15, 0.2) is 23.8 Å². The van der Waals surface area contributed by atoms with Gasteiger partial charge in [-0.05, 0) is 36.5 Å². The van der Waals surface area contributed by atoms with Crippen LogP contribution in [0.25, 0.3) is 0 Å². The molecule has 0 unspecified atom stereocenters. The Hall–Kier alpha value is -1.95. The summed E-state index contributed by atoms with van der Waals surface area (Å²) in [6.45, 7) is 3.49. The number of hydrogen-bond acceptors (Lipinski definition) is 6. The molecule has 2 aliphatic heterocycles. The maximum atomic E-state index is 12.5. The molecule has 0 aromatic heterocycles. The highest BCUT2D eigenvalue weighted by Crippen LogP contribution is 2.50. The van der Waals surface area contributed by atoms with Gasteiger partial charge in [0.2, 0.25) is 0 Å². The lowest BCUT2D eigenvalue weighted by Gasteiger charge is -2.38. The van der Waals surface area contributed by atoms with Crippen molar-refractivity contribution < 1.29 is 29.0 Å². The van der Waals surface area contributed by atoms with E-state index in [1.807, 2.05) is 0 Å².